The standard InChI is InChI=1S/C28H25F2N7O2/c1-34-16-20(15-33-34)19-13-21(24-7-8-32-37(24)17-19)18-5-6-25(31-14-18)35-9-11-36(12-10-35)28(39)27(38)26-22(29)3-2-4-23(26)30/h2-8,13-17,27,38H,9-12H2,1H3. The molecule has 0 spiro atoms. The van der Waals surface area contributed by atoms with E-state index >= 15 is 0 Å². The van der Waals surface area contributed by atoms with Crippen LogP contribution in [0.1, 0.15) is 11.7 Å². The molecule has 1 saturated heterocycles. The van der Waals surface area contributed by atoms with E-state index in [1.165, 1.54) is 11.0 Å². The molecule has 1 amide bonds. The van der Waals surface area contributed by atoms with Gasteiger partial charge in [-0.05, 0) is 36.4 Å². The molecule has 1 aromatic carbocycles. The smallest absolute Gasteiger partial charge is 0.256 e. The molecule has 6 rings (SSSR count). The Hall–Kier alpha value is -4.64. The first-order chi connectivity index (χ1) is 18.9. The SMILES string of the molecule is Cn1cc(-c2cc(-c3ccc(N4CCN(C(=O)C(O)c5c(F)cccc5F)CC4)nc3)c3ccnn3c2)cn1. The summed E-state index contributed by atoms with van der Waals surface area (Å²) in [6, 6.07) is 11.2. The molecule has 0 bridgehead atoms. The molecule has 1 N–H and O–H groups in total. The Labute approximate surface area is 222 Å². The predicted octanol–water partition coefficient (Wildman–Crippen LogP) is 3.46. The van der Waals surface area contributed by atoms with Crippen molar-refractivity contribution in [2.75, 3.05) is 31.1 Å². The van der Waals surface area contributed by atoms with Crippen molar-refractivity contribution < 1.29 is 18.7 Å². The summed E-state index contributed by atoms with van der Waals surface area (Å²) in [6.07, 6.45) is 7.41. The summed E-state index contributed by atoms with van der Waals surface area (Å²) < 4.78 is 31.7. The molecule has 5 aromatic rings. The largest absolute Gasteiger partial charge is 0.378 e. The van der Waals surface area contributed by atoms with Gasteiger partial charge in [0.15, 0.2) is 6.10 Å². The minimum atomic E-state index is -1.89. The summed E-state index contributed by atoms with van der Waals surface area (Å²) in [6.45, 7) is 1.51. The lowest BCUT2D eigenvalue weighted by Crippen LogP contribution is -2.50. The minimum absolute atomic E-state index is 0.291. The molecule has 11 heteroatoms. The van der Waals surface area contributed by atoms with Crippen LogP contribution in [0.2, 0.25) is 0 Å². The number of piperazine rings is 1. The minimum Gasteiger partial charge on any atom is -0.378 e. The third-order valence-electron chi connectivity index (χ3n) is 7.03. The molecular weight excluding hydrogens is 504 g/mol. The first-order valence-electron chi connectivity index (χ1n) is 12.5. The monoisotopic (exact) mass is 529 g/mol. The normalized spacial score (nSPS) is 14.7. The number of carbonyl (C=O) groups excluding carboxylic acids is 1. The van der Waals surface area contributed by atoms with E-state index in [4.69, 9.17) is 0 Å². The number of aryl methyl sites for hydroxylation is 1. The Bertz CT molecular complexity index is 1640. The number of benzene rings is 1. The number of anilines is 1. The van der Waals surface area contributed by atoms with Gasteiger partial charge in [-0.3, -0.25) is 9.48 Å². The number of pyridine rings is 2. The molecule has 198 valence electrons. The summed E-state index contributed by atoms with van der Waals surface area (Å²) >= 11 is 0. The molecular formula is C28H25F2N7O2. The summed E-state index contributed by atoms with van der Waals surface area (Å²) in [5.74, 6) is -1.87. The molecule has 1 aliphatic heterocycles. The third kappa shape index (κ3) is 4.61. The summed E-state index contributed by atoms with van der Waals surface area (Å²) in [5, 5.41) is 19.1. The van der Waals surface area contributed by atoms with Crippen LogP contribution in [0.25, 0.3) is 27.8 Å². The quantitative estimate of drug-likeness (QED) is 0.375. The van der Waals surface area contributed by atoms with Crippen LogP contribution in [-0.2, 0) is 11.8 Å². The van der Waals surface area contributed by atoms with Crippen molar-refractivity contribution in [2.24, 2.45) is 7.05 Å². The van der Waals surface area contributed by atoms with Crippen molar-refractivity contribution in [2.45, 2.75) is 6.10 Å². The van der Waals surface area contributed by atoms with Crippen molar-refractivity contribution in [1.29, 1.82) is 0 Å². The van der Waals surface area contributed by atoms with Crippen LogP contribution in [0.15, 0.2) is 73.4 Å². The average molecular weight is 530 g/mol. The van der Waals surface area contributed by atoms with Gasteiger partial charge in [0.25, 0.3) is 5.91 Å². The van der Waals surface area contributed by atoms with Crippen LogP contribution in [0.4, 0.5) is 14.6 Å². The molecule has 1 unspecified atom stereocenters. The van der Waals surface area contributed by atoms with E-state index in [1.807, 2.05) is 59.4 Å². The second kappa shape index (κ2) is 9.91. The Morgan fingerprint density at radius 3 is 2.36 bits per heavy atom. The van der Waals surface area contributed by atoms with Crippen LogP contribution in [0.5, 0.6) is 0 Å². The number of aliphatic hydroxyl groups excluding tert-OH is 1. The maximum absolute atomic E-state index is 14.0. The molecule has 9 nitrogen and oxygen atoms in total. The van der Waals surface area contributed by atoms with Crippen LogP contribution in [-0.4, -0.2) is 66.5 Å². The lowest BCUT2D eigenvalue weighted by molar-refractivity contribution is -0.141. The van der Waals surface area contributed by atoms with E-state index < -0.39 is 29.2 Å². The van der Waals surface area contributed by atoms with Gasteiger partial charge in [-0.1, -0.05) is 6.07 Å². The number of nitrogens with zero attached hydrogens (tertiary/aromatic N) is 7. The van der Waals surface area contributed by atoms with Crippen LogP contribution >= 0.6 is 0 Å². The van der Waals surface area contributed by atoms with Gasteiger partial charge in [-0.15, -0.1) is 0 Å². The molecule has 39 heavy (non-hydrogen) atoms. The number of hydrogen-bond acceptors (Lipinski definition) is 6. The summed E-state index contributed by atoms with van der Waals surface area (Å²) in [7, 11) is 1.88. The van der Waals surface area contributed by atoms with Gasteiger partial charge in [-0.25, -0.2) is 18.3 Å². The van der Waals surface area contributed by atoms with Gasteiger partial charge in [-0.2, -0.15) is 10.2 Å². The van der Waals surface area contributed by atoms with E-state index in [1.54, 1.807) is 10.9 Å². The van der Waals surface area contributed by atoms with Gasteiger partial charge >= 0.3 is 0 Å². The number of amides is 1. The van der Waals surface area contributed by atoms with Crippen LogP contribution in [0.3, 0.4) is 0 Å². The topological polar surface area (TPSA) is 91.8 Å². The number of carbonyl (C=O) groups is 1. The van der Waals surface area contributed by atoms with Gasteiger partial charge in [0.05, 0.1) is 17.3 Å². The van der Waals surface area contributed by atoms with E-state index in [9.17, 15) is 18.7 Å². The predicted molar refractivity (Wildman–Crippen MR) is 141 cm³/mol. The molecule has 5 heterocycles. The highest BCUT2D eigenvalue weighted by Crippen LogP contribution is 2.31. The number of aliphatic hydroxyl groups is 1. The molecule has 0 aliphatic carbocycles. The Balaban J connectivity index is 1.17. The molecule has 1 atom stereocenters. The second-order valence-corrected chi connectivity index (χ2v) is 9.46. The van der Waals surface area contributed by atoms with Gasteiger partial charge < -0.3 is 14.9 Å². The zero-order valence-corrected chi connectivity index (χ0v) is 21.1. The number of rotatable bonds is 5. The second-order valence-electron chi connectivity index (χ2n) is 9.46. The molecule has 1 fully saturated rings. The highest BCUT2D eigenvalue weighted by atomic mass is 19.1. The highest BCUT2D eigenvalue weighted by Gasteiger charge is 2.31. The van der Waals surface area contributed by atoms with Crippen LogP contribution < -0.4 is 4.90 Å². The van der Waals surface area contributed by atoms with Gasteiger partial charge in [0.2, 0.25) is 0 Å². The Morgan fingerprint density at radius 1 is 0.923 bits per heavy atom. The number of hydrogen-bond donors (Lipinski definition) is 1. The summed E-state index contributed by atoms with van der Waals surface area (Å²) in [4.78, 5) is 20.9. The zero-order chi connectivity index (χ0) is 27.1. The molecule has 0 saturated carbocycles. The number of fused-ring (bicyclic) bond motifs is 1. The zero-order valence-electron chi connectivity index (χ0n) is 21.1. The lowest BCUT2D eigenvalue weighted by Gasteiger charge is -2.36. The molecule has 0 radical (unpaired) electrons. The highest BCUT2D eigenvalue weighted by molar-refractivity contribution is 5.84. The van der Waals surface area contributed by atoms with Crippen molar-refractivity contribution in [3.8, 4) is 22.3 Å². The van der Waals surface area contributed by atoms with E-state index in [2.05, 4.69) is 21.2 Å². The Kier molecular flexibility index (Phi) is 6.27. The molecule has 1 aliphatic rings. The lowest BCUT2D eigenvalue weighted by atomic mass is 10.0. The summed E-state index contributed by atoms with van der Waals surface area (Å²) in [5.41, 5.74) is 4.21. The average Bonchev–Trinajstić information content (AvgIpc) is 3.61. The fourth-order valence-corrected chi connectivity index (χ4v) is 4.94. The third-order valence-corrected chi connectivity index (χ3v) is 7.03. The number of aromatic nitrogens is 5. The van der Waals surface area contributed by atoms with E-state index in [-0.39, 0.29) is 0 Å². The van der Waals surface area contributed by atoms with E-state index in [0.717, 1.165) is 45.7 Å². The maximum Gasteiger partial charge on any atom is 0.256 e. The van der Waals surface area contributed by atoms with Gasteiger partial charge in [0.1, 0.15) is 17.5 Å². The van der Waals surface area contributed by atoms with Crippen molar-refractivity contribution in [3.63, 3.8) is 0 Å². The Morgan fingerprint density at radius 2 is 1.69 bits per heavy atom. The van der Waals surface area contributed by atoms with Crippen molar-refractivity contribution in [3.05, 3.63) is 90.6 Å². The fraction of sp³-hybridized carbons (Fsp3) is 0.214. The fourth-order valence-electron chi connectivity index (χ4n) is 4.94. The maximum atomic E-state index is 14.0. The van der Waals surface area contributed by atoms with E-state index in [0.29, 0.717) is 26.2 Å². The first kappa shape index (κ1) is 24.7. The molecule has 4 aromatic heterocycles. The van der Waals surface area contributed by atoms with Crippen molar-refractivity contribution in [1.82, 2.24) is 29.3 Å². The van der Waals surface area contributed by atoms with Crippen molar-refractivity contribution >= 4 is 17.2 Å². The number of halogens is 2. The van der Waals surface area contributed by atoms with Crippen LogP contribution in [0, 0.1) is 11.6 Å². The first-order valence-corrected chi connectivity index (χ1v) is 12.5. The van der Waals surface area contributed by atoms with Gasteiger partial charge in [0, 0.05) is 80.3 Å².